The minimum Gasteiger partial charge on any atom is -0.354 e. The van der Waals surface area contributed by atoms with Crippen molar-refractivity contribution in [1.82, 2.24) is 25.2 Å². The summed E-state index contributed by atoms with van der Waals surface area (Å²) in [5.74, 6) is 0.940. The highest BCUT2D eigenvalue weighted by molar-refractivity contribution is 7.99. The quantitative estimate of drug-likeness (QED) is 0.276. The number of hydrogen-bond donors (Lipinski definition) is 1. The van der Waals surface area contributed by atoms with Crippen LogP contribution in [0.1, 0.15) is 11.1 Å². The Bertz CT molecular complexity index is 1090. The van der Waals surface area contributed by atoms with Crippen molar-refractivity contribution in [2.75, 3.05) is 43.4 Å². The van der Waals surface area contributed by atoms with Gasteiger partial charge in [0.05, 0.1) is 5.75 Å². The number of carbonyl (C=O) groups is 1. The van der Waals surface area contributed by atoms with Gasteiger partial charge in [-0.3, -0.25) is 14.7 Å². The number of thioether (sulfide) groups is 1. The van der Waals surface area contributed by atoms with E-state index in [-0.39, 0.29) is 11.7 Å². The molecule has 2 aromatic heterocycles. The number of hydrogen-bond acceptors (Lipinski definition) is 7. The molecule has 176 valence electrons. The zero-order valence-electron chi connectivity index (χ0n) is 18.8. The third-order valence-electron chi connectivity index (χ3n) is 5.38. The topological polar surface area (TPSA) is 74.2 Å². The highest BCUT2D eigenvalue weighted by atomic mass is 35.5. The molecule has 0 radical (unpaired) electrons. The van der Waals surface area contributed by atoms with Crippen LogP contribution in [0.3, 0.4) is 0 Å². The van der Waals surface area contributed by atoms with Crippen molar-refractivity contribution in [3.8, 4) is 0 Å². The van der Waals surface area contributed by atoms with Crippen LogP contribution < -0.4 is 10.2 Å². The van der Waals surface area contributed by atoms with E-state index in [2.05, 4.69) is 54.4 Å². The number of anilines is 1. The summed E-state index contributed by atoms with van der Waals surface area (Å²) in [7, 11) is 0. The smallest absolute Gasteiger partial charge is 0.230 e. The number of carbonyl (C=O) groups excluding carboxylic acids is 1. The Morgan fingerprint density at radius 3 is 2.68 bits per heavy atom. The highest BCUT2D eigenvalue weighted by Gasteiger charge is 2.19. The molecule has 1 fully saturated rings. The average molecular weight is 495 g/mol. The third-order valence-corrected chi connectivity index (χ3v) is 6.42. The van der Waals surface area contributed by atoms with Crippen molar-refractivity contribution in [1.29, 1.82) is 0 Å². The molecule has 7 nitrogen and oxygen atoms in total. The van der Waals surface area contributed by atoms with Crippen LogP contribution in [0, 0.1) is 0 Å². The van der Waals surface area contributed by atoms with Crippen molar-refractivity contribution in [2.24, 2.45) is 0 Å². The lowest BCUT2D eigenvalue weighted by molar-refractivity contribution is -0.118. The lowest BCUT2D eigenvalue weighted by Gasteiger charge is -2.35. The SMILES string of the molecule is O=C(CSc1nc(Cl)cc(N2CCN(C/C=C/c3ccccc3)CC2)n1)NCc1cccnc1. The van der Waals surface area contributed by atoms with Crippen LogP contribution in [0.4, 0.5) is 5.82 Å². The van der Waals surface area contributed by atoms with E-state index < -0.39 is 0 Å². The molecule has 3 aromatic rings. The Hall–Kier alpha value is -2.94. The molecular formula is C25H27ClN6OS. The summed E-state index contributed by atoms with van der Waals surface area (Å²) in [6, 6.07) is 15.9. The Kier molecular flexibility index (Phi) is 8.90. The van der Waals surface area contributed by atoms with Crippen molar-refractivity contribution in [3.63, 3.8) is 0 Å². The fraction of sp³-hybridized carbons (Fsp3) is 0.280. The lowest BCUT2D eigenvalue weighted by atomic mass is 10.2. The first-order valence-electron chi connectivity index (χ1n) is 11.2. The predicted molar refractivity (Wildman–Crippen MR) is 138 cm³/mol. The molecule has 1 aliphatic heterocycles. The minimum absolute atomic E-state index is 0.0869. The number of pyridine rings is 1. The van der Waals surface area contributed by atoms with E-state index in [1.807, 2.05) is 30.3 Å². The number of benzene rings is 1. The van der Waals surface area contributed by atoms with Crippen LogP contribution in [-0.4, -0.2) is 64.2 Å². The molecule has 1 aromatic carbocycles. The maximum Gasteiger partial charge on any atom is 0.230 e. The van der Waals surface area contributed by atoms with Crippen LogP contribution in [0.15, 0.2) is 72.2 Å². The van der Waals surface area contributed by atoms with E-state index in [0.717, 1.165) is 44.1 Å². The van der Waals surface area contributed by atoms with Gasteiger partial charge in [0.1, 0.15) is 11.0 Å². The zero-order valence-corrected chi connectivity index (χ0v) is 20.4. The fourth-order valence-electron chi connectivity index (χ4n) is 3.56. The Labute approximate surface area is 209 Å². The second-order valence-electron chi connectivity index (χ2n) is 7.86. The molecule has 1 amide bonds. The van der Waals surface area contributed by atoms with Gasteiger partial charge in [-0.05, 0) is 17.2 Å². The van der Waals surface area contributed by atoms with Gasteiger partial charge in [-0.25, -0.2) is 9.97 Å². The lowest BCUT2D eigenvalue weighted by Crippen LogP contribution is -2.46. The number of amides is 1. The summed E-state index contributed by atoms with van der Waals surface area (Å²) >= 11 is 7.55. The molecule has 9 heteroatoms. The average Bonchev–Trinajstić information content (AvgIpc) is 2.87. The predicted octanol–water partition coefficient (Wildman–Crippen LogP) is 3.77. The normalized spacial score (nSPS) is 14.4. The van der Waals surface area contributed by atoms with Crippen molar-refractivity contribution in [3.05, 3.63) is 83.3 Å². The van der Waals surface area contributed by atoms with E-state index in [9.17, 15) is 4.79 Å². The summed E-state index contributed by atoms with van der Waals surface area (Å²) in [4.78, 5) is 29.8. The van der Waals surface area contributed by atoms with Crippen LogP contribution in [0.2, 0.25) is 5.15 Å². The Balaban J connectivity index is 1.24. The van der Waals surface area contributed by atoms with E-state index in [4.69, 9.17) is 11.6 Å². The maximum absolute atomic E-state index is 12.2. The first-order chi connectivity index (χ1) is 16.7. The van der Waals surface area contributed by atoms with Crippen molar-refractivity contribution < 1.29 is 4.79 Å². The van der Waals surface area contributed by atoms with Gasteiger partial charge in [-0.1, -0.05) is 71.9 Å². The Morgan fingerprint density at radius 1 is 1.09 bits per heavy atom. The summed E-state index contributed by atoms with van der Waals surface area (Å²) < 4.78 is 0. The molecule has 0 saturated carbocycles. The second-order valence-corrected chi connectivity index (χ2v) is 9.19. The largest absolute Gasteiger partial charge is 0.354 e. The minimum atomic E-state index is -0.0869. The molecule has 1 aliphatic rings. The standard InChI is InChI=1S/C25H27ClN6OS/c26-22-16-23(30-25(29-22)34-19-24(33)28-18-21-8-4-10-27-17-21)32-14-12-31(13-15-32)11-5-9-20-6-2-1-3-7-20/h1-10,16-17H,11-15,18-19H2,(H,28,33)/b9-5+. The molecule has 0 unspecified atom stereocenters. The molecule has 4 rings (SSSR count). The number of rotatable bonds is 9. The zero-order chi connectivity index (χ0) is 23.6. The molecule has 34 heavy (non-hydrogen) atoms. The van der Waals surface area contributed by atoms with Crippen LogP contribution in [0.25, 0.3) is 6.08 Å². The number of piperazine rings is 1. The van der Waals surface area contributed by atoms with Crippen LogP contribution >= 0.6 is 23.4 Å². The van der Waals surface area contributed by atoms with Gasteiger partial charge < -0.3 is 10.2 Å². The molecule has 1 saturated heterocycles. The van der Waals surface area contributed by atoms with Gasteiger partial charge in [-0.15, -0.1) is 0 Å². The van der Waals surface area contributed by atoms with E-state index >= 15 is 0 Å². The molecule has 3 heterocycles. The fourth-order valence-corrected chi connectivity index (χ4v) is 4.47. The van der Waals surface area contributed by atoms with Gasteiger partial charge in [-0.2, -0.15) is 0 Å². The van der Waals surface area contributed by atoms with Gasteiger partial charge >= 0.3 is 0 Å². The first-order valence-corrected chi connectivity index (χ1v) is 12.5. The van der Waals surface area contributed by atoms with E-state index in [1.165, 1.54) is 17.3 Å². The molecule has 0 aliphatic carbocycles. The summed E-state index contributed by atoms with van der Waals surface area (Å²) in [5, 5.41) is 3.78. The highest BCUT2D eigenvalue weighted by Crippen LogP contribution is 2.23. The molecular weight excluding hydrogens is 468 g/mol. The maximum atomic E-state index is 12.2. The van der Waals surface area contributed by atoms with Gasteiger partial charge in [0.15, 0.2) is 5.16 Å². The molecule has 1 N–H and O–H groups in total. The number of nitrogens with one attached hydrogen (secondary N) is 1. The molecule has 0 atom stereocenters. The molecule has 0 bridgehead atoms. The third kappa shape index (κ3) is 7.55. The summed E-state index contributed by atoms with van der Waals surface area (Å²) in [6.07, 6.45) is 7.81. The van der Waals surface area contributed by atoms with Crippen LogP contribution in [0.5, 0.6) is 0 Å². The number of halogens is 1. The van der Waals surface area contributed by atoms with Crippen LogP contribution in [-0.2, 0) is 11.3 Å². The Morgan fingerprint density at radius 2 is 1.91 bits per heavy atom. The van der Waals surface area contributed by atoms with Gasteiger partial charge in [0, 0.05) is 57.7 Å². The monoisotopic (exact) mass is 494 g/mol. The second kappa shape index (κ2) is 12.5. The van der Waals surface area contributed by atoms with Crippen molar-refractivity contribution >= 4 is 41.2 Å². The van der Waals surface area contributed by atoms with E-state index in [1.54, 1.807) is 18.5 Å². The van der Waals surface area contributed by atoms with E-state index in [0.29, 0.717) is 16.9 Å². The first kappa shape index (κ1) is 24.2. The summed E-state index contributed by atoms with van der Waals surface area (Å²) in [5.41, 5.74) is 2.17. The van der Waals surface area contributed by atoms with Gasteiger partial charge in [0.25, 0.3) is 0 Å². The number of aromatic nitrogens is 3. The van der Waals surface area contributed by atoms with Gasteiger partial charge in [0.2, 0.25) is 5.91 Å². The molecule has 0 spiro atoms. The summed E-state index contributed by atoms with van der Waals surface area (Å²) in [6.45, 7) is 4.98. The number of nitrogens with zero attached hydrogens (tertiary/aromatic N) is 5. The van der Waals surface area contributed by atoms with Crippen molar-refractivity contribution in [2.45, 2.75) is 11.7 Å².